The van der Waals surface area contributed by atoms with E-state index in [0.29, 0.717) is 17.5 Å². The molecule has 2 heterocycles. The topological polar surface area (TPSA) is 72.7 Å². The number of fused-ring (bicyclic) bond motifs is 3. The number of hydrogen-bond donors (Lipinski definition) is 1. The first-order valence-corrected chi connectivity index (χ1v) is 13.5. The fourth-order valence-corrected chi connectivity index (χ4v) is 4.87. The second-order valence-corrected chi connectivity index (χ2v) is 10.8. The van der Waals surface area contributed by atoms with Gasteiger partial charge in [-0.2, -0.15) is 0 Å². The maximum Gasteiger partial charge on any atom is 0.219 e. The number of hydrogen-bond acceptors (Lipinski definition) is 5. The fourth-order valence-electron chi connectivity index (χ4n) is 4.09. The van der Waals surface area contributed by atoms with E-state index in [-0.39, 0.29) is 5.91 Å². The van der Waals surface area contributed by atoms with Crippen LogP contribution in [0, 0.1) is 19.8 Å². The Morgan fingerprint density at radius 2 is 1.80 bits per heavy atom. The lowest BCUT2D eigenvalue weighted by atomic mass is 10.1. The number of carbonyl (C=O) groups excluding carboxylic acids is 1. The van der Waals surface area contributed by atoms with Gasteiger partial charge in [0, 0.05) is 30.6 Å². The number of aryl methyl sites for hydroxylation is 2. The zero-order valence-electron chi connectivity index (χ0n) is 21.2. The van der Waals surface area contributed by atoms with E-state index < -0.39 is 0 Å². The second kappa shape index (κ2) is 11.7. The van der Waals surface area contributed by atoms with Crippen LogP contribution in [0.4, 0.5) is 0 Å². The molecular formula is C28H35N5OS. The van der Waals surface area contributed by atoms with Crippen molar-refractivity contribution in [2.24, 2.45) is 5.92 Å². The highest BCUT2D eigenvalue weighted by atomic mass is 32.2. The summed E-state index contributed by atoms with van der Waals surface area (Å²) in [7, 11) is 0. The Morgan fingerprint density at radius 3 is 2.57 bits per heavy atom. The third kappa shape index (κ3) is 6.60. The second-order valence-electron chi connectivity index (χ2n) is 9.70. The molecule has 2 aromatic carbocycles. The van der Waals surface area contributed by atoms with Crippen molar-refractivity contribution in [1.82, 2.24) is 25.1 Å². The van der Waals surface area contributed by atoms with Gasteiger partial charge in [0.05, 0.1) is 5.52 Å². The first kappa shape index (κ1) is 25.2. The highest BCUT2D eigenvalue weighted by molar-refractivity contribution is 7.99. The number of nitrogens with zero attached hydrogens (tertiary/aromatic N) is 4. The first-order valence-electron chi connectivity index (χ1n) is 12.5. The summed E-state index contributed by atoms with van der Waals surface area (Å²) in [5, 5.41) is 13.8. The average molecular weight is 490 g/mol. The first-order chi connectivity index (χ1) is 16.9. The molecule has 0 saturated heterocycles. The number of rotatable bonds is 11. The smallest absolute Gasteiger partial charge is 0.219 e. The molecule has 4 aromatic rings. The van der Waals surface area contributed by atoms with E-state index in [1.54, 1.807) is 11.8 Å². The summed E-state index contributed by atoms with van der Waals surface area (Å²) < 4.78 is 2.25. The standard InChI is InChI=1S/C28H35N5OS/c1-19(2)14-15-29-25(34)7-5-6-16-35-28-30-27-26(31-32-28)23-17-21(4)10-13-24(23)33(27)18-22-11-8-20(3)9-12-22/h8-13,17,19H,5-7,14-16,18H2,1-4H3,(H,29,34). The summed E-state index contributed by atoms with van der Waals surface area (Å²) in [6.45, 7) is 10.0. The molecule has 6 nitrogen and oxygen atoms in total. The number of thioether (sulfide) groups is 1. The summed E-state index contributed by atoms with van der Waals surface area (Å²) in [6.07, 6.45) is 3.40. The molecule has 0 aliphatic carbocycles. The molecule has 35 heavy (non-hydrogen) atoms. The van der Waals surface area contributed by atoms with Gasteiger partial charge in [-0.25, -0.2) is 4.98 Å². The van der Waals surface area contributed by atoms with Crippen molar-refractivity contribution >= 4 is 39.7 Å². The van der Waals surface area contributed by atoms with Gasteiger partial charge in [0.25, 0.3) is 0 Å². The summed E-state index contributed by atoms with van der Waals surface area (Å²) in [5.41, 5.74) is 6.52. The number of nitrogens with one attached hydrogen (secondary N) is 1. The minimum Gasteiger partial charge on any atom is -0.356 e. The van der Waals surface area contributed by atoms with Crippen molar-refractivity contribution in [1.29, 1.82) is 0 Å². The highest BCUT2D eigenvalue weighted by Crippen LogP contribution is 2.29. The van der Waals surface area contributed by atoms with Gasteiger partial charge >= 0.3 is 0 Å². The minimum atomic E-state index is 0.144. The lowest BCUT2D eigenvalue weighted by molar-refractivity contribution is -0.121. The third-order valence-corrected chi connectivity index (χ3v) is 7.06. The molecule has 2 aromatic heterocycles. The molecule has 4 rings (SSSR count). The molecule has 0 aliphatic rings. The van der Waals surface area contributed by atoms with E-state index in [0.717, 1.165) is 60.2 Å². The van der Waals surface area contributed by atoms with Crippen molar-refractivity contribution in [2.45, 2.75) is 65.1 Å². The van der Waals surface area contributed by atoms with Crippen LogP contribution in [0.1, 0.15) is 56.2 Å². The summed E-state index contributed by atoms with van der Waals surface area (Å²) in [5.74, 6) is 1.62. The van der Waals surface area contributed by atoms with Crippen molar-refractivity contribution in [3.63, 3.8) is 0 Å². The summed E-state index contributed by atoms with van der Waals surface area (Å²) in [4.78, 5) is 16.9. The predicted molar refractivity (Wildman–Crippen MR) is 145 cm³/mol. The Labute approximate surface area is 211 Å². The highest BCUT2D eigenvalue weighted by Gasteiger charge is 2.16. The number of carbonyl (C=O) groups is 1. The monoisotopic (exact) mass is 489 g/mol. The number of unbranched alkanes of at least 4 members (excludes halogenated alkanes) is 1. The Balaban J connectivity index is 1.44. The molecule has 0 atom stereocenters. The maximum absolute atomic E-state index is 12.0. The molecule has 0 unspecified atom stereocenters. The molecule has 1 amide bonds. The van der Waals surface area contributed by atoms with Crippen LogP contribution in [-0.2, 0) is 11.3 Å². The van der Waals surface area contributed by atoms with Gasteiger partial charge in [-0.15, -0.1) is 10.2 Å². The molecule has 0 aliphatic heterocycles. The zero-order chi connectivity index (χ0) is 24.8. The molecule has 7 heteroatoms. The molecule has 0 saturated carbocycles. The average Bonchev–Trinajstić information content (AvgIpc) is 3.12. The van der Waals surface area contributed by atoms with Crippen LogP contribution in [0.3, 0.4) is 0 Å². The van der Waals surface area contributed by atoms with Gasteiger partial charge in [-0.3, -0.25) is 4.79 Å². The number of aromatic nitrogens is 4. The van der Waals surface area contributed by atoms with Gasteiger partial charge in [0.2, 0.25) is 11.1 Å². The van der Waals surface area contributed by atoms with Gasteiger partial charge < -0.3 is 9.88 Å². The van der Waals surface area contributed by atoms with Crippen LogP contribution in [0.5, 0.6) is 0 Å². The fraction of sp³-hybridized carbons (Fsp3) is 0.429. The van der Waals surface area contributed by atoms with E-state index in [1.807, 2.05) is 0 Å². The van der Waals surface area contributed by atoms with Crippen LogP contribution in [-0.4, -0.2) is 38.0 Å². The Kier molecular flexibility index (Phi) is 8.39. The molecule has 1 N–H and O–H groups in total. The summed E-state index contributed by atoms with van der Waals surface area (Å²) in [6, 6.07) is 15.1. The Bertz CT molecular complexity index is 1300. The number of amides is 1. The van der Waals surface area contributed by atoms with E-state index in [2.05, 4.69) is 90.2 Å². The Morgan fingerprint density at radius 1 is 1.03 bits per heavy atom. The molecule has 184 valence electrons. The van der Waals surface area contributed by atoms with Crippen molar-refractivity contribution in [3.8, 4) is 0 Å². The largest absolute Gasteiger partial charge is 0.356 e. The Hall–Kier alpha value is -2.93. The third-order valence-electron chi connectivity index (χ3n) is 6.14. The van der Waals surface area contributed by atoms with E-state index in [9.17, 15) is 4.79 Å². The zero-order valence-corrected chi connectivity index (χ0v) is 22.0. The van der Waals surface area contributed by atoms with Crippen LogP contribution in [0.25, 0.3) is 22.1 Å². The van der Waals surface area contributed by atoms with Crippen molar-refractivity contribution in [2.75, 3.05) is 12.3 Å². The normalized spacial score (nSPS) is 11.6. The van der Waals surface area contributed by atoms with Crippen molar-refractivity contribution in [3.05, 3.63) is 59.2 Å². The van der Waals surface area contributed by atoms with Gasteiger partial charge in [0.15, 0.2) is 5.65 Å². The van der Waals surface area contributed by atoms with Crippen LogP contribution in [0.2, 0.25) is 0 Å². The lowest BCUT2D eigenvalue weighted by Crippen LogP contribution is -2.24. The van der Waals surface area contributed by atoms with Gasteiger partial charge in [0.1, 0.15) is 5.52 Å². The SMILES string of the molecule is Cc1ccc(Cn2c3ccc(C)cc3c3nnc(SCCCCC(=O)NCCC(C)C)nc32)cc1. The van der Waals surface area contributed by atoms with E-state index >= 15 is 0 Å². The minimum absolute atomic E-state index is 0.144. The van der Waals surface area contributed by atoms with Crippen LogP contribution in [0.15, 0.2) is 47.6 Å². The quantitative estimate of drug-likeness (QED) is 0.204. The molecule has 0 bridgehead atoms. The van der Waals surface area contributed by atoms with Gasteiger partial charge in [-0.05, 0) is 56.7 Å². The summed E-state index contributed by atoms with van der Waals surface area (Å²) >= 11 is 1.61. The molecule has 0 fully saturated rings. The van der Waals surface area contributed by atoms with Crippen LogP contribution < -0.4 is 5.32 Å². The van der Waals surface area contributed by atoms with Crippen LogP contribution >= 0.6 is 11.8 Å². The van der Waals surface area contributed by atoms with Gasteiger partial charge in [-0.1, -0.05) is 67.1 Å². The lowest BCUT2D eigenvalue weighted by Gasteiger charge is -2.08. The molecular weight excluding hydrogens is 454 g/mol. The maximum atomic E-state index is 12.0. The molecule has 0 spiro atoms. The van der Waals surface area contributed by atoms with E-state index in [4.69, 9.17) is 4.98 Å². The number of benzene rings is 2. The van der Waals surface area contributed by atoms with E-state index in [1.165, 1.54) is 16.7 Å². The predicted octanol–water partition coefficient (Wildman–Crippen LogP) is 6.07. The molecule has 0 radical (unpaired) electrons. The van der Waals surface area contributed by atoms with Crippen molar-refractivity contribution < 1.29 is 4.79 Å².